The lowest BCUT2D eigenvalue weighted by atomic mass is 10.1. The average molecular weight is 373 g/mol. The van der Waals surface area contributed by atoms with Crippen LogP contribution >= 0.6 is 11.3 Å². The van der Waals surface area contributed by atoms with Crippen molar-refractivity contribution >= 4 is 32.0 Å². The number of benzene rings is 2. The molecule has 25 heavy (non-hydrogen) atoms. The van der Waals surface area contributed by atoms with Gasteiger partial charge in [0.15, 0.2) is 15.0 Å². The van der Waals surface area contributed by atoms with E-state index in [1.54, 1.807) is 24.3 Å². The number of rotatable bonds is 4. The van der Waals surface area contributed by atoms with Crippen molar-refractivity contribution in [3.63, 3.8) is 0 Å². The fourth-order valence-corrected chi connectivity index (χ4v) is 3.91. The maximum absolute atomic E-state index is 11.5. The molecule has 1 heterocycles. The van der Waals surface area contributed by atoms with Gasteiger partial charge in [-0.15, -0.1) is 11.3 Å². The molecule has 3 aromatic rings. The lowest BCUT2D eigenvalue weighted by Gasteiger charge is -2.10. The number of hydrogen-bond donors (Lipinski definition) is 1. The number of aryl methyl sites for hydroxylation is 3. The zero-order valence-electron chi connectivity index (χ0n) is 14.6. The van der Waals surface area contributed by atoms with E-state index in [9.17, 15) is 8.42 Å². The van der Waals surface area contributed by atoms with Crippen LogP contribution in [0.4, 0.5) is 10.8 Å². The predicted octanol–water partition coefficient (Wildman–Crippen LogP) is 4.88. The predicted molar refractivity (Wildman–Crippen MR) is 105 cm³/mol. The summed E-state index contributed by atoms with van der Waals surface area (Å²) < 4.78 is 23.1. The van der Waals surface area contributed by atoms with Crippen LogP contribution < -0.4 is 5.32 Å². The van der Waals surface area contributed by atoms with Gasteiger partial charge in [-0.2, -0.15) is 0 Å². The molecule has 1 aromatic heterocycles. The summed E-state index contributed by atoms with van der Waals surface area (Å²) >= 11 is 1.53. The first kappa shape index (κ1) is 17.6. The molecule has 0 unspecified atom stereocenters. The third kappa shape index (κ3) is 3.91. The molecule has 0 saturated carbocycles. The van der Waals surface area contributed by atoms with E-state index in [2.05, 4.69) is 43.2 Å². The van der Waals surface area contributed by atoms with E-state index in [0.29, 0.717) is 4.90 Å². The van der Waals surface area contributed by atoms with E-state index < -0.39 is 9.84 Å². The van der Waals surface area contributed by atoms with Gasteiger partial charge >= 0.3 is 0 Å². The maximum Gasteiger partial charge on any atom is 0.187 e. The number of sulfone groups is 1. The minimum Gasteiger partial charge on any atom is -0.331 e. The Morgan fingerprint density at radius 1 is 0.960 bits per heavy atom. The van der Waals surface area contributed by atoms with Gasteiger partial charge in [0.05, 0.1) is 10.6 Å². The van der Waals surface area contributed by atoms with Crippen LogP contribution in [0.25, 0.3) is 11.3 Å². The largest absolute Gasteiger partial charge is 0.331 e. The Labute approximate surface area is 152 Å². The smallest absolute Gasteiger partial charge is 0.187 e. The number of nitrogens with zero attached hydrogens (tertiary/aromatic N) is 1. The number of aromatic nitrogens is 1. The van der Waals surface area contributed by atoms with E-state index in [0.717, 1.165) is 22.1 Å². The maximum atomic E-state index is 11.5. The van der Waals surface area contributed by atoms with Crippen molar-refractivity contribution in [3.05, 3.63) is 58.5 Å². The molecule has 0 radical (unpaired) electrons. The van der Waals surface area contributed by atoms with Crippen LogP contribution in [0.1, 0.15) is 16.7 Å². The molecule has 3 rings (SSSR count). The number of nitrogens with one attached hydrogen (secondary N) is 1. The molecule has 0 bridgehead atoms. The summed E-state index contributed by atoms with van der Waals surface area (Å²) in [5, 5.41) is 6.16. The molecule has 1 N–H and O–H groups in total. The third-order valence-corrected chi connectivity index (χ3v) is 6.05. The minimum absolute atomic E-state index is 0.315. The summed E-state index contributed by atoms with van der Waals surface area (Å²) in [5.41, 5.74) is 6.46. The molecule has 0 spiro atoms. The quantitative estimate of drug-likeness (QED) is 0.709. The van der Waals surface area contributed by atoms with Gasteiger partial charge in [-0.3, -0.25) is 0 Å². The Bertz CT molecular complexity index is 1020. The summed E-state index contributed by atoms with van der Waals surface area (Å²) in [6.45, 7) is 6.28. The molecule has 0 aliphatic heterocycles. The van der Waals surface area contributed by atoms with Gasteiger partial charge in [0.25, 0.3) is 0 Å². The summed E-state index contributed by atoms with van der Waals surface area (Å²) in [5.74, 6) is 0. The van der Waals surface area contributed by atoms with E-state index in [1.165, 1.54) is 34.3 Å². The van der Waals surface area contributed by atoms with Gasteiger partial charge in [-0.05, 0) is 55.7 Å². The zero-order chi connectivity index (χ0) is 18.2. The Morgan fingerprint density at radius 3 is 2.24 bits per heavy atom. The molecule has 130 valence electrons. The van der Waals surface area contributed by atoms with Crippen molar-refractivity contribution in [2.45, 2.75) is 25.7 Å². The molecule has 0 saturated heterocycles. The second kappa shape index (κ2) is 6.61. The molecule has 6 heteroatoms. The monoisotopic (exact) mass is 372 g/mol. The topological polar surface area (TPSA) is 59.1 Å². The Kier molecular flexibility index (Phi) is 4.67. The molecule has 2 aromatic carbocycles. The van der Waals surface area contributed by atoms with Crippen molar-refractivity contribution in [3.8, 4) is 11.3 Å². The van der Waals surface area contributed by atoms with E-state index >= 15 is 0 Å². The normalized spacial score (nSPS) is 11.5. The van der Waals surface area contributed by atoms with Gasteiger partial charge in [0, 0.05) is 22.9 Å². The molecule has 0 aliphatic carbocycles. The highest BCUT2D eigenvalue weighted by Crippen LogP contribution is 2.30. The van der Waals surface area contributed by atoms with Crippen LogP contribution in [-0.2, 0) is 9.84 Å². The molecule has 0 aliphatic rings. The standard InChI is InChI=1S/C19H20N2O2S2/c1-12-9-14(3)17(10-13(12)2)20-19-21-18(11-24-19)15-5-7-16(8-6-15)25(4,22)23/h5-11H,1-4H3,(H,20,21). The van der Waals surface area contributed by atoms with Crippen molar-refractivity contribution < 1.29 is 8.42 Å². The van der Waals surface area contributed by atoms with Crippen LogP contribution in [0, 0.1) is 20.8 Å². The molecule has 0 amide bonds. The van der Waals surface area contributed by atoms with Crippen LogP contribution in [-0.4, -0.2) is 19.7 Å². The highest BCUT2D eigenvalue weighted by Gasteiger charge is 2.10. The highest BCUT2D eigenvalue weighted by atomic mass is 32.2. The molecular weight excluding hydrogens is 352 g/mol. The van der Waals surface area contributed by atoms with Crippen molar-refractivity contribution in [2.24, 2.45) is 0 Å². The fourth-order valence-electron chi connectivity index (χ4n) is 2.55. The number of anilines is 2. The zero-order valence-corrected chi connectivity index (χ0v) is 16.3. The molecular formula is C19H20N2O2S2. The fraction of sp³-hybridized carbons (Fsp3) is 0.211. The van der Waals surface area contributed by atoms with Gasteiger partial charge in [0.2, 0.25) is 0 Å². The van der Waals surface area contributed by atoms with E-state index in [4.69, 9.17) is 0 Å². The Balaban J connectivity index is 1.84. The van der Waals surface area contributed by atoms with Gasteiger partial charge in [-0.1, -0.05) is 18.2 Å². The lowest BCUT2D eigenvalue weighted by molar-refractivity contribution is 0.602. The lowest BCUT2D eigenvalue weighted by Crippen LogP contribution is -1.96. The minimum atomic E-state index is -3.18. The highest BCUT2D eigenvalue weighted by molar-refractivity contribution is 7.90. The van der Waals surface area contributed by atoms with Crippen LogP contribution in [0.15, 0.2) is 46.7 Å². The SMILES string of the molecule is Cc1cc(C)c(Nc2nc(-c3ccc(S(C)(=O)=O)cc3)cs2)cc1C. The first-order valence-corrected chi connectivity index (χ1v) is 10.6. The van der Waals surface area contributed by atoms with E-state index in [-0.39, 0.29) is 0 Å². The summed E-state index contributed by atoms with van der Waals surface area (Å²) in [7, 11) is -3.18. The number of hydrogen-bond acceptors (Lipinski definition) is 5. The van der Waals surface area contributed by atoms with Crippen molar-refractivity contribution in [1.82, 2.24) is 4.98 Å². The second-order valence-electron chi connectivity index (χ2n) is 6.21. The van der Waals surface area contributed by atoms with Crippen molar-refractivity contribution in [2.75, 3.05) is 11.6 Å². The van der Waals surface area contributed by atoms with Gasteiger partial charge < -0.3 is 5.32 Å². The second-order valence-corrected chi connectivity index (χ2v) is 9.08. The molecule has 4 nitrogen and oxygen atoms in total. The van der Waals surface area contributed by atoms with Crippen molar-refractivity contribution in [1.29, 1.82) is 0 Å². The Morgan fingerprint density at radius 2 is 1.60 bits per heavy atom. The van der Waals surface area contributed by atoms with Crippen LogP contribution in [0.2, 0.25) is 0 Å². The first-order chi connectivity index (χ1) is 11.7. The van der Waals surface area contributed by atoms with Gasteiger partial charge in [-0.25, -0.2) is 13.4 Å². The Hall–Kier alpha value is -2.18. The third-order valence-electron chi connectivity index (χ3n) is 4.16. The first-order valence-electron chi connectivity index (χ1n) is 7.85. The molecule has 0 atom stereocenters. The average Bonchev–Trinajstić information content (AvgIpc) is 3.00. The summed E-state index contributed by atoms with van der Waals surface area (Å²) in [4.78, 5) is 4.93. The van der Waals surface area contributed by atoms with Gasteiger partial charge in [0.1, 0.15) is 0 Å². The number of thiazole rings is 1. The summed E-state index contributed by atoms with van der Waals surface area (Å²) in [6.07, 6.45) is 1.21. The van der Waals surface area contributed by atoms with Crippen LogP contribution in [0.5, 0.6) is 0 Å². The molecule has 0 fully saturated rings. The van der Waals surface area contributed by atoms with E-state index in [1.807, 2.05) is 5.38 Å². The van der Waals surface area contributed by atoms with Crippen LogP contribution in [0.3, 0.4) is 0 Å². The summed E-state index contributed by atoms with van der Waals surface area (Å²) in [6, 6.07) is 11.1.